The van der Waals surface area contributed by atoms with Gasteiger partial charge in [-0.1, -0.05) is 6.92 Å². The number of imidazole rings is 1. The first-order valence-electron chi connectivity index (χ1n) is 6.60. The summed E-state index contributed by atoms with van der Waals surface area (Å²) in [5.41, 5.74) is 0.519. The number of piperidine rings is 1. The summed E-state index contributed by atoms with van der Waals surface area (Å²) in [5, 5.41) is 13.6. The Labute approximate surface area is 124 Å². The van der Waals surface area contributed by atoms with Gasteiger partial charge in [-0.3, -0.25) is 0 Å². The lowest BCUT2D eigenvalue weighted by Gasteiger charge is -2.30. The van der Waals surface area contributed by atoms with Crippen LogP contribution in [0, 0.1) is 5.92 Å². The standard InChI is InChI=1S/C13H15BrN4O2/c1-8-4-6-17(7-5-8)10-3-2-9-15-11(13(19)20)12(14)18(9)16-10/h2-3,8H,4-7H2,1H3,(H,19,20). The van der Waals surface area contributed by atoms with E-state index in [-0.39, 0.29) is 5.69 Å². The number of aromatic nitrogens is 3. The molecule has 0 aliphatic carbocycles. The smallest absolute Gasteiger partial charge is 0.357 e. The minimum absolute atomic E-state index is 0.0121. The molecule has 0 saturated carbocycles. The number of carbonyl (C=O) groups is 1. The maximum Gasteiger partial charge on any atom is 0.357 e. The lowest BCUT2D eigenvalue weighted by atomic mass is 9.99. The molecule has 3 rings (SSSR count). The Morgan fingerprint density at radius 3 is 2.75 bits per heavy atom. The molecule has 20 heavy (non-hydrogen) atoms. The Hall–Kier alpha value is -1.63. The van der Waals surface area contributed by atoms with Gasteiger partial charge in [-0.05, 0) is 46.8 Å². The highest BCUT2D eigenvalue weighted by molar-refractivity contribution is 9.10. The maximum absolute atomic E-state index is 11.1. The molecule has 0 radical (unpaired) electrons. The molecule has 0 bridgehead atoms. The summed E-state index contributed by atoms with van der Waals surface area (Å²) in [6.45, 7) is 4.23. The summed E-state index contributed by atoms with van der Waals surface area (Å²) in [6.07, 6.45) is 2.32. The van der Waals surface area contributed by atoms with E-state index in [0.717, 1.165) is 37.7 Å². The average molecular weight is 339 g/mol. The molecule has 2 aromatic heterocycles. The first-order valence-corrected chi connectivity index (χ1v) is 7.39. The van der Waals surface area contributed by atoms with Crippen molar-refractivity contribution in [2.75, 3.05) is 18.0 Å². The van der Waals surface area contributed by atoms with Crippen molar-refractivity contribution >= 4 is 33.4 Å². The predicted octanol–water partition coefficient (Wildman–Crippen LogP) is 2.43. The van der Waals surface area contributed by atoms with Crippen molar-refractivity contribution in [2.45, 2.75) is 19.8 Å². The molecule has 1 fully saturated rings. The van der Waals surface area contributed by atoms with Crippen molar-refractivity contribution in [3.63, 3.8) is 0 Å². The molecule has 0 amide bonds. The molecule has 7 heteroatoms. The molecule has 1 N–H and O–H groups in total. The molecule has 3 heterocycles. The largest absolute Gasteiger partial charge is 0.476 e. The normalized spacial score (nSPS) is 16.8. The zero-order valence-electron chi connectivity index (χ0n) is 11.1. The van der Waals surface area contributed by atoms with Crippen LogP contribution in [0.3, 0.4) is 0 Å². The summed E-state index contributed by atoms with van der Waals surface area (Å²) in [7, 11) is 0. The van der Waals surface area contributed by atoms with Crippen LogP contribution in [0.15, 0.2) is 16.7 Å². The third-order valence-electron chi connectivity index (χ3n) is 3.72. The van der Waals surface area contributed by atoms with Gasteiger partial charge in [0.15, 0.2) is 11.3 Å². The van der Waals surface area contributed by atoms with Crippen molar-refractivity contribution in [1.29, 1.82) is 0 Å². The van der Waals surface area contributed by atoms with E-state index >= 15 is 0 Å². The number of nitrogens with zero attached hydrogens (tertiary/aromatic N) is 4. The van der Waals surface area contributed by atoms with Crippen molar-refractivity contribution in [1.82, 2.24) is 14.6 Å². The zero-order chi connectivity index (χ0) is 14.3. The second kappa shape index (κ2) is 5.05. The highest BCUT2D eigenvalue weighted by Crippen LogP contribution is 2.24. The van der Waals surface area contributed by atoms with Crippen LogP contribution in [0.2, 0.25) is 0 Å². The van der Waals surface area contributed by atoms with Crippen LogP contribution in [0.25, 0.3) is 5.65 Å². The maximum atomic E-state index is 11.1. The fourth-order valence-corrected chi connectivity index (χ4v) is 2.96. The Morgan fingerprint density at radius 2 is 2.10 bits per heavy atom. The average Bonchev–Trinajstić information content (AvgIpc) is 2.77. The van der Waals surface area contributed by atoms with E-state index in [1.54, 1.807) is 6.07 Å². The Kier molecular flexibility index (Phi) is 3.37. The lowest BCUT2D eigenvalue weighted by Crippen LogP contribution is -2.33. The van der Waals surface area contributed by atoms with E-state index in [4.69, 9.17) is 5.11 Å². The number of carboxylic acid groups (broad SMARTS) is 1. The van der Waals surface area contributed by atoms with Crippen molar-refractivity contribution in [2.24, 2.45) is 5.92 Å². The van der Waals surface area contributed by atoms with E-state index in [9.17, 15) is 4.79 Å². The van der Waals surface area contributed by atoms with Crippen LogP contribution in [0.4, 0.5) is 5.82 Å². The first-order chi connectivity index (χ1) is 9.56. The van der Waals surface area contributed by atoms with Gasteiger partial charge in [-0.15, -0.1) is 5.10 Å². The van der Waals surface area contributed by atoms with Gasteiger partial charge in [0.05, 0.1) is 0 Å². The molecule has 1 aliphatic rings. The molecule has 1 saturated heterocycles. The number of rotatable bonds is 2. The van der Waals surface area contributed by atoms with Crippen LogP contribution >= 0.6 is 15.9 Å². The van der Waals surface area contributed by atoms with Crippen LogP contribution in [-0.4, -0.2) is 38.8 Å². The number of hydrogen-bond donors (Lipinski definition) is 1. The second-order valence-corrected chi connectivity index (χ2v) is 5.94. The highest BCUT2D eigenvalue weighted by atomic mass is 79.9. The topological polar surface area (TPSA) is 70.7 Å². The second-order valence-electron chi connectivity index (χ2n) is 5.19. The van der Waals surface area contributed by atoms with Gasteiger partial charge in [0.2, 0.25) is 0 Å². The van der Waals surface area contributed by atoms with E-state index in [1.165, 1.54) is 4.52 Å². The van der Waals surface area contributed by atoms with Crippen molar-refractivity contribution in [3.05, 3.63) is 22.4 Å². The van der Waals surface area contributed by atoms with Crippen LogP contribution in [0.1, 0.15) is 30.3 Å². The fraction of sp³-hybridized carbons (Fsp3) is 0.462. The van der Waals surface area contributed by atoms with Gasteiger partial charge < -0.3 is 10.0 Å². The molecule has 2 aromatic rings. The third-order valence-corrected chi connectivity index (χ3v) is 4.43. The summed E-state index contributed by atoms with van der Waals surface area (Å²) in [5.74, 6) is 0.559. The zero-order valence-corrected chi connectivity index (χ0v) is 12.7. The molecule has 0 atom stereocenters. The SMILES string of the molecule is CC1CCN(c2ccc3nc(C(=O)O)c(Br)n3n2)CC1. The summed E-state index contributed by atoms with van der Waals surface area (Å²) in [6, 6.07) is 3.70. The van der Waals surface area contributed by atoms with Crippen LogP contribution in [-0.2, 0) is 0 Å². The van der Waals surface area contributed by atoms with Crippen molar-refractivity contribution < 1.29 is 9.90 Å². The summed E-state index contributed by atoms with van der Waals surface area (Å²) in [4.78, 5) is 17.3. The number of carboxylic acids is 1. The van der Waals surface area contributed by atoms with E-state index in [1.807, 2.05) is 6.07 Å². The van der Waals surface area contributed by atoms with Gasteiger partial charge in [0, 0.05) is 13.1 Å². The number of halogens is 1. The van der Waals surface area contributed by atoms with Crippen LogP contribution in [0.5, 0.6) is 0 Å². The van der Waals surface area contributed by atoms with Gasteiger partial charge in [-0.2, -0.15) is 0 Å². The third kappa shape index (κ3) is 2.26. The van der Waals surface area contributed by atoms with Crippen molar-refractivity contribution in [3.8, 4) is 0 Å². The Morgan fingerprint density at radius 1 is 1.40 bits per heavy atom. The number of fused-ring (bicyclic) bond motifs is 1. The Balaban J connectivity index is 1.98. The number of aromatic carboxylic acids is 1. The molecule has 0 spiro atoms. The van der Waals surface area contributed by atoms with Gasteiger partial charge >= 0.3 is 5.97 Å². The predicted molar refractivity (Wildman–Crippen MR) is 78.3 cm³/mol. The van der Waals surface area contributed by atoms with Gasteiger partial charge in [0.1, 0.15) is 10.4 Å². The Bertz CT molecular complexity index is 662. The molecule has 106 valence electrons. The molecule has 6 nitrogen and oxygen atoms in total. The van der Waals surface area contributed by atoms with E-state index in [0.29, 0.717) is 10.3 Å². The van der Waals surface area contributed by atoms with Gasteiger partial charge in [0.25, 0.3) is 0 Å². The monoisotopic (exact) mass is 338 g/mol. The minimum Gasteiger partial charge on any atom is -0.476 e. The fourth-order valence-electron chi connectivity index (χ4n) is 2.44. The highest BCUT2D eigenvalue weighted by Gasteiger charge is 2.20. The molecule has 1 aliphatic heterocycles. The molecule has 0 aromatic carbocycles. The summed E-state index contributed by atoms with van der Waals surface area (Å²) >= 11 is 3.26. The molecular formula is C13H15BrN4O2. The lowest BCUT2D eigenvalue weighted by molar-refractivity contribution is 0.0690. The van der Waals surface area contributed by atoms with Gasteiger partial charge in [-0.25, -0.2) is 14.3 Å². The molecular weight excluding hydrogens is 324 g/mol. The molecule has 0 unspecified atom stereocenters. The first kappa shape index (κ1) is 13.4. The number of anilines is 1. The summed E-state index contributed by atoms with van der Waals surface area (Å²) < 4.78 is 1.92. The van der Waals surface area contributed by atoms with E-state index < -0.39 is 5.97 Å². The van der Waals surface area contributed by atoms with E-state index in [2.05, 4.69) is 37.8 Å². The minimum atomic E-state index is -1.06. The van der Waals surface area contributed by atoms with Crippen LogP contribution < -0.4 is 4.90 Å². The number of hydrogen-bond acceptors (Lipinski definition) is 4. The quantitative estimate of drug-likeness (QED) is 0.910.